The smallest absolute Gasteiger partial charge is 0.287 e. The van der Waals surface area contributed by atoms with Crippen LogP contribution < -0.4 is 21.7 Å². The van der Waals surface area contributed by atoms with Gasteiger partial charge in [0.2, 0.25) is 11.7 Å². The molecule has 0 bridgehead atoms. The van der Waals surface area contributed by atoms with Crippen LogP contribution in [0.3, 0.4) is 0 Å². The molecule has 3 aromatic rings. The van der Waals surface area contributed by atoms with Crippen molar-refractivity contribution in [3.63, 3.8) is 0 Å². The first-order chi connectivity index (χ1) is 18.1. The molecule has 3 amide bonds. The van der Waals surface area contributed by atoms with E-state index in [1.807, 2.05) is 19.9 Å². The molecule has 0 aliphatic heterocycles. The van der Waals surface area contributed by atoms with E-state index in [0.29, 0.717) is 11.4 Å². The predicted octanol–water partition coefficient (Wildman–Crippen LogP) is 3.50. The van der Waals surface area contributed by atoms with Gasteiger partial charge in [0.25, 0.3) is 11.8 Å². The van der Waals surface area contributed by atoms with Crippen LogP contribution in [0.4, 0.5) is 15.8 Å². The van der Waals surface area contributed by atoms with Gasteiger partial charge in [-0.05, 0) is 54.3 Å². The summed E-state index contributed by atoms with van der Waals surface area (Å²) < 4.78 is 13.3. The molecule has 38 heavy (non-hydrogen) atoms. The Morgan fingerprint density at radius 2 is 1.45 bits per heavy atom. The van der Waals surface area contributed by atoms with Crippen molar-refractivity contribution in [2.45, 2.75) is 38.8 Å². The summed E-state index contributed by atoms with van der Waals surface area (Å²) in [6.45, 7) is 3.79. The van der Waals surface area contributed by atoms with Crippen molar-refractivity contribution in [3.8, 4) is 0 Å². The van der Waals surface area contributed by atoms with Crippen molar-refractivity contribution in [1.82, 2.24) is 10.6 Å². The Labute approximate surface area is 220 Å². The maximum absolute atomic E-state index is 13.3. The fraction of sp³-hybridized carbons (Fsp3) is 0.241. The molecule has 2 atom stereocenters. The topological polar surface area (TPSA) is 130 Å². The van der Waals surface area contributed by atoms with E-state index in [2.05, 4.69) is 16.0 Å². The number of hydrogen-bond acceptors (Lipinski definition) is 5. The summed E-state index contributed by atoms with van der Waals surface area (Å²) in [7, 11) is 0. The Morgan fingerprint density at radius 1 is 0.816 bits per heavy atom. The van der Waals surface area contributed by atoms with Crippen LogP contribution in [-0.2, 0) is 20.8 Å². The number of nitrogens with one attached hydrogen (secondary N) is 3. The van der Waals surface area contributed by atoms with E-state index < -0.39 is 35.6 Å². The van der Waals surface area contributed by atoms with Gasteiger partial charge >= 0.3 is 0 Å². The number of para-hydroxylation sites is 1. The molecule has 0 saturated heterocycles. The lowest BCUT2D eigenvalue weighted by Crippen LogP contribution is -2.54. The van der Waals surface area contributed by atoms with Gasteiger partial charge in [-0.2, -0.15) is 0 Å². The fourth-order valence-electron chi connectivity index (χ4n) is 3.92. The van der Waals surface area contributed by atoms with Crippen LogP contribution in [0.5, 0.6) is 0 Å². The van der Waals surface area contributed by atoms with E-state index in [9.17, 15) is 23.6 Å². The SMILES string of the molecule is CC(C)C[C@H](NC(=O)c1ccccc1Nc1ccc(F)cc1)C(=O)N[C@@H](Cc1ccccc1)C(=O)C(N)=O. The normalized spacial score (nSPS) is 12.3. The lowest BCUT2D eigenvalue weighted by atomic mass is 9.99. The van der Waals surface area contributed by atoms with E-state index in [0.717, 1.165) is 5.56 Å². The molecule has 0 unspecified atom stereocenters. The average molecular weight is 519 g/mol. The number of primary amides is 1. The largest absolute Gasteiger partial charge is 0.363 e. The molecule has 3 rings (SSSR count). The van der Waals surface area contributed by atoms with Crippen molar-refractivity contribution in [2.24, 2.45) is 11.7 Å². The molecule has 0 saturated carbocycles. The zero-order valence-corrected chi connectivity index (χ0v) is 21.2. The standard InChI is InChI=1S/C29H31FN4O4/c1-18(2)16-25(29(38)33-24(26(35)27(31)36)17-19-8-4-3-5-9-19)34-28(37)22-10-6-7-11-23(22)32-21-14-12-20(30)13-15-21/h3-15,18,24-25,32H,16-17H2,1-2H3,(H2,31,36)(H,33,38)(H,34,37)/t24-,25-/m0/s1. The first-order valence-electron chi connectivity index (χ1n) is 12.2. The van der Waals surface area contributed by atoms with Gasteiger partial charge in [-0.25, -0.2) is 4.39 Å². The van der Waals surface area contributed by atoms with Crippen molar-refractivity contribution in [2.75, 3.05) is 5.32 Å². The fourth-order valence-corrected chi connectivity index (χ4v) is 3.92. The van der Waals surface area contributed by atoms with Gasteiger partial charge in [-0.3, -0.25) is 19.2 Å². The van der Waals surface area contributed by atoms with Gasteiger partial charge < -0.3 is 21.7 Å². The third kappa shape index (κ3) is 7.99. The number of benzene rings is 3. The number of halogens is 1. The Kier molecular flexibility index (Phi) is 9.70. The molecule has 0 spiro atoms. The quantitative estimate of drug-likeness (QED) is 0.273. The summed E-state index contributed by atoms with van der Waals surface area (Å²) in [5.41, 5.74) is 7.28. The van der Waals surface area contributed by atoms with E-state index in [-0.39, 0.29) is 30.1 Å². The number of amides is 3. The minimum absolute atomic E-state index is 0.0260. The summed E-state index contributed by atoms with van der Waals surface area (Å²) in [5.74, 6) is -3.56. The Balaban J connectivity index is 1.80. The molecule has 8 nitrogen and oxygen atoms in total. The van der Waals surface area contributed by atoms with Gasteiger partial charge in [0, 0.05) is 12.1 Å². The third-order valence-electron chi connectivity index (χ3n) is 5.78. The molecular weight excluding hydrogens is 487 g/mol. The lowest BCUT2D eigenvalue weighted by molar-refractivity contribution is -0.138. The summed E-state index contributed by atoms with van der Waals surface area (Å²) in [5, 5.41) is 8.46. The average Bonchev–Trinajstić information content (AvgIpc) is 2.89. The van der Waals surface area contributed by atoms with Crippen LogP contribution in [0.25, 0.3) is 0 Å². The van der Waals surface area contributed by atoms with Gasteiger partial charge in [0.15, 0.2) is 0 Å². The minimum Gasteiger partial charge on any atom is -0.363 e. The highest BCUT2D eigenvalue weighted by molar-refractivity contribution is 6.38. The van der Waals surface area contributed by atoms with Crippen molar-refractivity contribution in [1.29, 1.82) is 0 Å². The summed E-state index contributed by atoms with van der Waals surface area (Å²) in [6, 6.07) is 19.1. The molecule has 0 aromatic heterocycles. The molecular formula is C29H31FN4O4. The third-order valence-corrected chi connectivity index (χ3v) is 5.78. The monoisotopic (exact) mass is 518 g/mol. The highest BCUT2D eigenvalue weighted by Gasteiger charge is 2.30. The van der Waals surface area contributed by atoms with Gasteiger partial charge in [0.1, 0.15) is 17.9 Å². The second-order valence-corrected chi connectivity index (χ2v) is 9.31. The molecule has 3 aromatic carbocycles. The number of carbonyl (C=O) groups excluding carboxylic acids is 4. The Bertz CT molecular complexity index is 1280. The van der Waals surface area contributed by atoms with Gasteiger partial charge in [0.05, 0.1) is 11.3 Å². The molecule has 0 radical (unpaired) electrons. The second kappa shape index (κ2) is 13.1. The summed E-state index contributed by atoms with van der Waals surface area (Å²) >= 11 is 0. The van der Waals surface area contributed by atoms with Crippen LogP contribution in [0, 0.1) is 11.7 Å². The maximum atomic E-state index is 13.3. The number of nitrogens with two attached hydrogens (primary N) is 1. The van der Waals surface area contributed by atoms with Crippen LogP contribution in [-0.4, -0.2) is 35.6 Å². The van der Waals surface area contributed by atoms with E-state index in [1.54, 1.807) is 60.7 Å². The second-order valence-electron chi connectivity index (χ2n) is 9.31. The number of Topliss-reactive ketones (excluding diaryl/α,β-unsaturated/α-hetero) is 1. The lowest BCUT2D eigenvalue weighted by Gasteiger charge is -2.24. The number of hydrogen-bond donors (Lipinski definition) is 4. The van der Waals surface area contributed by atoms with Crippen LogP contribution in [0.2, 0.25) is 0 Å². The molecule has 0 aliphatic carbocycles. The van der Waals surface area contributed by atoms with Crippen molar-refractivity contribution >= 4 is 34.9 Å². The number of rotatable bonds is 12. The maximum Gasteiger partial charge on any atom is 0.287 e. The summed E-state index contributed by atoms with van der Waals surface area (Å²) in [6.07, 6.45) is 0.356. The minimum atomic E-state index is -1.18. The molecule has 0 heterocycles. The van der Waals surface area contributed by atoms with Crippen molar-refractivity contribution in [3.05, 3.63) is 95.8 Å². The van der Waals surface area contributed by atoms with E-state index in [4.69, 9.17) is 5.73 Å². The van der Waals surface area contributed by atoms with Gasteiger partial charge in [-0.1, -0.05) is 56.3 Å². The van der Waals surface area contributed by atoms with Gasteiger partial charge in [-0.15, -0.1) is 0 Å². The van der Waals surface area contributed by atoms with Crippen molar-refractivity contribution < 1.29 is 23.6 Å². The highest BCUT2D eigenvalue weighted by atomic mass is 19.1. The van der Waals surface area contributed by atoms with Crippen LogP contribution in [0.15, 0.2) is 78.9 Å². The Morgan fingerprint density at radius 3 is 2.08 bits per heavy atom. The van der Waals surface area contributed by atoms with Crippen LogP contribution in [0.1, 0.15) is 36.2 Å². The molecule has 0 fully saturated rings. The first kappa shape index (κ1) is 28.0. The first-order valence-corrected chi connectivity index (χ1v) is 12.2. The van der Waals surface area contributed by atoms with Crippen LogP contribution >= 0.6 is 0 Å². The highest BCUT2D eigenvalue weighted by Crippen LogP contribution is 2.21. The zero-order valence-electron chi connectivity index (χ0n) is 21.2. The predicted molar refractivity (Wildman–Crippen MR) is 143 cm³/mol. The van der Waals surface area contributed by atoms with E-state index >= 15 is 0 Å². The molecule has 0 aliphatic rings. The molecule has 5 N–H and O–H groups in total. The Hall–Kier alpha value is -4.53. The number of carbonyl (C=O) groups is 4. The zero-order chi connectivity index (χ0) is 27.7. The number of ketones is 1. The molecule has 198 valence electrons. The number of anilines is 2. The molecule has 9 heteroatoms. The van der Waals surface area contributed by atoms with E-state index in [1.165, 1.54) is 12.1 Å². The summed E-state index contributed by atoms with van der Waals surface area (Å²) in [4.78, 5) is 50.7.